The van der Waals surface area contributed by atoms with Crippen LogP contribution in [0.1, 0.15) is 27.0 Å². The number of carbonyl (C=O) groups excluding carboxylic acids is 1. The van der Waals surface area contributed by atoms with Crippen LogP contribution in [0.25, 0.3) is 10.2 Å². The van der Waals surface area contributed by atoms with E-state index < -0.39 is 4.92 Å². The second kappa shape index (κ2) is 8.00. The molecule has 0 unspecified atom stereocenters. The van der Waals surface area contributed by atoms with Crippen molar-refractivity contribution in [2.45, 2.75) is 20.4 Å². The van der Waals surface area contributed by atoms with E-state index in [-0.39, 0.29) is 23.7 Å². The standard InChI is InChI=1S/C22H18N4O3S/c1-14-8-9-18-20(11-14)30-22(24-18)25(13-16-5-4-10-23-12-16)21(27)17-6-3-7-19(15(17)2)26(28)29/h3-12H,13H2,1-2H3. The number of nitrogens with zero attached hydrogens (tertiary/aromatic N) is 4. The van der Waals surface area contributed by atoms with Gasteiger partial charge < -0.3 is 0 Å². The van der Waals surface area contributed by atoms with Crippen LogP contribution in [0.5, 0.6) is 0 Å². The summed E-state index contributed by atoms with van der Waals surface area (Å²) in [7, 11) is 0. The predicted octanol–water partition coefficient (Wildman–Crippen LogP) is 5.06. The highest BCUT2D eigenvalue weighted by Crippen LogP contribution is 2.32. The van der Waals surface area contributed by atoms with Crippen LogP contribution in [-0.4, -0.2) is 20.8 Å². The summed E-state index contributed by atoms with van der Waals surface area (Å²) in [5.41, 5.74) is 3.29. The van der Waals surface area contributed by atoms with Crippen molar-refractivity contribution in [1.82, 2.24) is 9.97 Å². The predicted molar refractivity (Wildman–Crippen MR) is 117 cm³/mol. The van der Waals surface area contributed by atoms with E-state index in [4.69, 9.17) is 0 Å². The van der Waals surface area contributed by atoms with Gasteiger partial charge in [-0.15, -0.1) is 0 Å². The lowest BCUT2D eigenvalue weighted by molar-refractivity contribution is -0.385. The lowest BCUT2D eigenvalue weighted by Crippen LogP contribution is -2.31. The monoisotopic (exact) mass is 418 g/mol. The van der Waals surface area contributed by atoms with Gasteiger partial charge in [0.15, 0.2) is 5.13 Å². The number of aromatic nitrogens is 2. The minimum atomic E-state index is -0.474. The fourth-order valence-corrected chi connectivity index (χ4v) is 4.30. The van der Waals surface area contributed by atoms with Crippen LogP contribution < -0.4 is 4.90 Å². The van der Waals surface area contributed by atoms with Crippen molar-refractivity contribution < 1.29 is 9.72 Å². The Morgan fingerprint density at radius 3 is 2.73 bits per heavy atom. The third-order valence-corrected chi connectivity index (χ3v) is 5.85. The molecule has 0 aliphatic heterocycles. The molecular formula is C22H18N4O3S. The van der Waals surface area contributed by atoms with Crippen LogP contribution in [0.4, 0.5) is 10.8 Å². The normalized spacial score (nSPS) is 10.9. The van der Waals surface area contributed by atoms with E-state index >= 15 is 0 Å². The van der Waals surface area contributed by atoms with E-state index in [9.17, 15) is 14.9 Å². The number of pyridine rings is 1. The van der Waals surface area contributed by atoms with Gasteiger partial charge in [0, 0.05) is 29.6 Å². The van der Waals surface area contributed by atoms with Crippen molar-refractivity contribution in [2.24, 2.45) is 0 Å². The quantitative estimate of drug-likeness (QED) is 0.334. The zero-order chi connectivity index (χ0) is 21.3. The third-order valence-electron chi connectivity index (χ3n) is 4.80. The smallest absolute Gasteiger partial charge is 0.273 e. The molecule has 0 saturated carbocycles. The molecular weight excluding hydrogens is 400 g/mol. The Balaban J connectivity index is 1.81. The molecule has 4 aromatic rings. The molecule has 0 fully saturated rings. The zero-order valence-corrected chi connectivity index (χ0v) is 17.2. The Hall–Kier alpha value is -3.65. The van der Waals surface area contributed by atoms with Gasteiger partial charge in [0.1, 0.15) is 0 Å². The first kappa shape index (κ1) is 19.7. The van der Waals surface area contributed by atoms with Crippen molar-refractivity contribution in [2.75, 3.05) is 4.90 Å². The van der Waals surface area contributed by atoms with E-state index in [1.165, 1.54) is 23.5 Å². The van der Waals surface area contributed by atoms with Gasteiger partial charge in [0.25, 0.3) is 11.6 Å². The summed E-state index contributed by atoms with van der Waals surface area (Å²) in [5, 5.41) is 11.9. The summed E-state index contributed by atoms with van der Waals surface area (Å²) in [4.78, 5) is 34.7. The highest BCUT2D eigenvalue weighted by Gasteiger charge is 2.26. The molecule has 0 bridgehead atoms. The first-order valence-corrected chi connectivity index (χ1v) is 10.1. The van der Waals surface area contributed by atoms with Crippen LogP contribution in [0, 0.1) is 24.0 Å². The molecule has 0 aliphatic carbocycles. The van der Waals surface area contributed by atoms with Crippen molar-refractivity contribution in [3.63, 3.8) is 0 Å². The minimum absolute atomic E-state index is 0.0814. The molecule has 8 heteroatoms. The van der Waals surface area contributed by atoms with Crippen LogP contribution in [-0.2, 0) is 6.54 Å². The van der Waals surface area contributed by atoms with Gasteiger partial charge in [0.2, 0.25) is 0 Å². The highest BCUT2D eigenvalue weighted by atomic mass is 32.1. The number of aryl methyl sites for hydroxylation is 1. The number of nitro benzene ring substituents is 1. The summed E-state index contributed by atoms with van der Waals surface area (Å²) in [6.45, 7) is 3.85. The zero-order valence-electron chi connectivity index (χ0n) is 16.4. The van der Waals surface area contributed by atoms with Gasteiger partial charge in [-0.1, -0.05) is 29.5 Å². The molecule has 1 amide bonds. The topological polar surface area (TPSA) is 89.2 Å². The Bertz CT molecular complexity index is 1250. The van der Waals surface area contributed by atoms with Gasteiger partial charge in [-0.05, 0) is 49.2 Å². The maximum atomic E-state index is 13.5. The summed E-state index contributed by atoms with van der Waals surface area (Å²) in [5.74, 6) is -0.337. The fourth-order valence-electron chi connectivity index (χ4n) is 3.23. The molecule has 0 spiro atoms. The van der Waals surface area contributed by atoms with Gasteiger partial charge in [0.05, 0.1) is 21.7 Å². The van der Waals surface area contributed by atoms with Gasteiger partial charge in [-0.3, -0.25) is 24.8 Å². The van der Waals surface area contributed by atoms with E-state index in [0.717, 1.165) is 21.3 Å². The minimum Gasteiger partial charge on any atom is -0.279 e. The number of amides is 1. The second-order valence-electron chi connectivity index (χ2n) is 6.93. The molecule has 150 valence electrons. The SMILES string of the molecule is Cc1ccc2nc(N(Cc3cccnc3)C(=O)c3cccc([N+](=O)[O-])c3C)sc2c1. The highest BCUT2D eigenvalue weighted by molar-refractivity contribution is 7.22. The number of anilines is 1. The number of nitro groups is 1. The lowest BCUT2D eigenvalue weighted by atomic mass is 10.1. The molecule has 2 aromatic heterocycles. The molecule has 0 saturated heterocycles. The number of thiazole rings is 1. The average molecular weight is 418 g/mol. The summed E-state index contributed by atoms with van der Waals surface area (Å²) >= 11 is 1.42. The number of hydrogen-bond acceptors (Lipinski definition) is 6. The molecule has 7 nitrogen and oxygen atoms in total. The molecule has 0 atom stereocenters. The van der Waals surface area contributed by atoms with E-state index in [2.05, 4.69) is 9.97 Å². The first-order valence-electron chi connectivity index (χ1n) is 9.26. The largest absolute Gasteiger partial charge is 0.279 e. The van der Waals surface area contributed by atoms with Gasteiger partial charge >= 0.3 is 0 Å². The summed E-state index contributed by atoms with van der Waals surface area (Å²) in [6, 6.07) is 14.2. The van der Waals surface area contributed by atoms with Gasteiger partial charge in [-0.25, -0.2) is 4.98 Å². The van der Waals surface area contributed by atoms with Crippen LogP contribution in [0.3, 0.4) is 0 Å². The molecule has 2 heterocycles. The maximum absolute atomic E-state index is 13.5. The Morgan fingerprint density at radius 2 is 2.00 bits per heavy atom. The molecule has 30 heavy (non-hydrogen) atoms. The Morgan fingerprint density at radius 1 is 1.17 bits per heavy atom. The fraction of sp³-hybridized carbons (Fsp3) is 0.136. The van der Waals surface area contributed by atoms with Crippen molar-refractivity contribution >= 4 is 38.3 Å². The molecule has 0 N–H and O–H groups in total. The van der Waals surface area contributed by atoms with Gasteiger partial charge in [-0.2, -0.15) is 0 Å². The number of benzene rings is 2. The van der Waals surface area contributed by atoms with Crippen LogP contribution >= 0.6 is 11.3 Å². The summed E-state index contributed by atoms with van der Waals surface area (Å²) < 4.78 is 0.977. The molecule has 0 aliphatic rings. The molecule has 4 rings (SSSR count). The summed E-state index contributed by atoms with van der Waals surface area (Å²) in [6.07, 6.45) is 3.36. The van der Waals surface area contributed by atoms with E-state index in [1.54, 1.807) is 36.4 Å². The average Bonchev–Trinajstić information content (AvgIpc) is 3.15. The first-order chi connectivity index (χ1) is 14.4. The number of carbonyl (C=O) groups is 1. The number of hydrogen-bond donors (Lipinski definition) is 0. The van der Waals surface area contributed by atoms with E-state index in [0.29, 0.717) is 10.7 Å². The number of rotatable bonds is 5. The lowest BCUT2D eigenvalue weighted by Gasteiger charge is -2.21. The molecule has 2 aromatic carbocycles. The second-order valence-corrected chi connectivity index (χ2v) is 7.94. The van der Waals surface area contributed by atoms with Crippen molar-refractivity contribution in [1.29, 1.82) is 0 Å². The van der Waals surface area contributed by atoms with E-state index in [1.807, 2.05) is 31.2 Å². The molecule has 0 radical (unpaired) electrons. The van der Waals surface area contributed by atoms with Crippen LogP contribution in [0.15, 0.2) is 60.9 Å². The maximum Gasteiger partial charge on any atom is 0.273 e. The van der Waals surface area contributed by atoms with Crippen LogP contribution in [0.2, 0.25) is 0 Å². The van der Waals surface area contributed by atoms with Crippen molar-refractivity contribution in [3.8, 4) is 0 Å². The number of fused-ring (bicyclic) bond motifs is 1. The third kappa shape index (κ3) is 3.77. The Labute approximate surface area is 176 Å². The van der Waals surface area contributed by atoms with Crippen molar-refractivity contribution in [3.05, 3.63) is 93.3 Å². The Kier molecular flexibility index (Phi) is 5.24.